The first-order chi connectivity index (χ1) is 12.2. The molecule has 1 aromatic heterocycles. The SMILES string of the molecule is CCOC(=O)OC(C(=O)Nc1ccccc1)c1c[nH]c2ccccc12. The number of ether oxygens (including phenoxy) is 2. The fourth-order valence-corrected chi connectivity index (χ4v) is 2.55. The second-order valence-electron chi connectivity index (χ2n) is 5.33. The Labute approximate surface area is 144 Å². The van der Waals surface area contributed by atoms with E-state index in [1.165, 1.54) is 0 Å². The molecule has 6 nitrogen and oxygen atoms in total. The molecule has 128 valence electrons. The number of H-pyrrole nitrogens is 1. The van der Waals surface area contributed by atoms with E-state index in [1.807, 2.05) is 42.5 Å². The van der Waals surface area contributed by atoms with E-state index in [0.717, 1.165) is 10.9 Å². The number of aromatic nitrogens is 1. The number of amides is 1. The summed E-state index contributed by atoms with van der Waals surface area (Å²) in [6.45, 7) is 1.84. The molecule has 0 aliphatic rings. The van der Waals surface area contributed by atoms with Gasteiger partial charge in [0.25, 0.3) is 5.91 Å². The molecule has 0 aliphatic carbocycles. The van der Waals surface area contributed by atoms with E-state index < -0.39 is 18.2 Å². The second kappa shape index (κ2) is 7.53. The lowest BCUT2D eigenvalue weighted by Crippen LogP contribution is -2.26. The van der Waals surface area contributed by atoms with Crippen molar-refractivity contribution >= 4 is 28.7 Å². The highest BCUT2D eigenvalue weighted by Gasteiger charge is 2.28. The number of hydrogen-bond donors (Lipinski definition) is 2. The van der Waals surface area contributed by atoms with Crippen LogP contribution in [0.4, 0.5) is 10.5 Å². The smallest absolute Gasteiger partial charge is 0.435 e. The number of aromatic amines is 1. The van der Waals surface area contributed by atoms with Gasteiger partial charge in [0, 0.05) is 28.4 Å². The molecule has 2 aromatic carbocycles. The Balaban J connectivity index is 1.91. The van der Waals surface area contributed by atoms with E-state index in [-0.39, 0.29) is 6.61 Å². The van der Waals surface area contributed by atoms with E-state index in [4.69, 9.17) is 9.47 Å². The van der Waals surface area contributed by atoms with Crippen LogP contribution in [0.2, 0.25) is 0 Å². The van der Waals surface area contributed by atoms with Crippen LogP contribution in [0.5, 0.6) is 0 Å². The monoisotopic (exact) mass is 338 g/mol. The Kier molecular flexibility index (Phi) is 4.99. The van der Waals surface area contributed by atoms with E-state index in [9.17, 15) is 9.59 Å². The summed E-state index contributed by atoms with van der Waals surface area (Å²) in [6.07, 6.45) is -0.351. The predicted octanol–water partition coefficient (Wildman–Crippen LogP) is 4.02. The molecule has 1 unspecified atom stereocenters. The standard InChI is InChI=1S/C19H18N2O4/c1-2-24-19(23)25-17(18(22)21-13-8-4-3-5-9-13)15-12-20-16-11-7-6-10-14(15)16/h3-12,17,20H,2H2,1H3,(H,21,22). The first-order valence-electron chi connectivity index (χ1n) is 7.94. The van der Waals surface area contributed by atoms with Crippen LogP contribution in [0.3, 0.4) is 0 Å². The van der Waals surface area contributed by atoms with Crippen LogP contribution in [-0.2, 0) is 14.3 Å². The fourth-order valence-electron chi connectivity index (χ4n) is 2.55. The van der Waals surface area contributed by atoms with Crippen LogP contribution < -0.4 is 5.32 Å². The highest BCUT2D eigenvalue weighted by molar-refractivity contribution is 5.99. The summed E-state index contributed by atoms with van der Waals surface area (Å²) in [5.74, 6) is -0.455. The van der Waals surface area contributed by atoms with Crippen LogP contribution in [0, 0.1) is 0 Å². The van der Waals surface area contributed by atoms with Gasteiger partial charge in [-0.15, -0.1) is 0 Å². The molecule has 6 heteroatoms. The summed E-state index contributed by atoms with van der Waals surface area (Å²) in [5.41, 5.74) is 2.03. The number of carbonyl (C=O) groups is 2. The van der Waals surface area contributed by atoms with Crippen molar-refractivity contribution in [1.29, 1.82) is 0 Å². The van der Waals surface area contributed by atoms with Crippen LogP contribution in [0.15, 0.2) is 60.8 Å². The molecule has 0 bridgehead atoms. The van der Waals surface area contributed by atoms with Crippen molar-refractivity contribution in [2.24, 2.45) is 0 Å². The van der Waals surface area contributed by atoms with Crippen molar-refractivity contribution in [2.45, 2.75) is 13.0 Å². The van der Waals surface area contributed by atoms with Gasteiger partial charge in [0.1, 0.15) is 0 Å². The molecule has 1 amide bonds. The third-order valence-corrected chi connectivity index (χ3v) is 3.66. The van der Waals surface area contributed by atoms with Crippen molar-refractivity contribution in [3.8, 4) is 0 Å². The lowest BCUT2D eigenvalue weighted by Gasteiger charge is -2.17. The molecule has 1 atom stereocenters. The minimum atomic E-state index is -1.13. The van der Waals surface area contributed by atoms with E-state index in [1.54, 1.807) is 25.3 Å². The molecular formula is C19H18N2O4. The molecule has 0 aliphatic heterocycles. The van der Waals surface area contributed by atoms with Gasteiger partial charge >= 0.3 is 6.16 Å². The maximum Gasteiger partial charge on any atom is 0.509 e. The van der Waals surface area contributed by atoms with E-state index in [0.29, 0.717) is 11.3 Å². The van der Waals surface area contributed by atoms with E-state index >= 15 is 0 Å². The van der Waals surface area contributed by atoms with Gasteiger partial charge < -0.3 is 19.8 Å². The normalized spacial score (nSPS) is 11.7. The Morgan fingerprint density at radius 1 is 1.08 bits per heavy atom. The van der Waals surface area contributed by atoms with Gasteiger partial charge in [0.15, 0.2) is 0 Å². The second-order valence-corrected chi connectivity index (χ2v) is 5.33. The summed E-state index contributed by atoms with van der Waals surface area (Å²) in [6, 6.07) is 16.5. The zero-order valence-corrected chi connectivity index (χ0v) is 13.7. The van der Waals surface area contributed by atoms with Crippen LogP contribution in [0.1, 0.15) is 18.6 Å². The Morgan fingerprint density at radius 3 is 2.56 bits per heavy atom. The number of rotatable bonds is 5. The average molecular weight is 338 g/mol. The Morgan fingerprint density at radius 2 is 1.80 bits per heavy atom. The molecule has 25 heavy (non-hydrogen) atoms. The number of para-hydroxylation sites is 2. The molecule has 3 rings (SSSR count). The number of nitrogens with one attached hydrogen (secondary N) is 2. The van der Waals surface area contributed by atoms with Crippen LogP contribution in [-0.4, -0.2) is 23.7 Å². The molecule has 0 radical (unpaired) electrons. The number of benzene rings is 2. The van der Waals surface area contributed by atoms with Crippen molar-refractivity contribution in [1.82, 2.24) is 4.98 Å². The quantitative estimate of drug-likeness (QED) is 0.689. The van der Waals surface area contributed by atoms with Gasteiger partial charge in [-0.3, -0.25) is 4.79 Å². The largest absolute Gasteiger partial charge is 0.509 e. The third kappa shape index (κ3) is 3.80. The first kappa shape index (κ1) is 16.6. The number of carbonyl (C=O) groups excluding carboxylic acids is 2. The summed E-state index contributed by atoms with van der Waals surface area (Å²) in [5, 5.41) is 3.56. The number of fused-ring (bicyclic) bond motifs is 1. The van der Waals surface area contributed by atoms with E-state index in [2.05, 4.69) is 10.3 Å². The van der Waals surface area contributed by atoms with Gasteiger partial charge in [-0.25, -0.2) is 4.79 Å². The lowest BCUT2D eigenvalue weighted by molar-refractivity contribution is -0.126. The molecule has 3 aromatic rings. The van der Waals surface area contributed by atoms with Crippen molar-refractivity contribution < 1.29 is 19.1 Å². The van der Waals surface area contributed by atoms with Crippen LogP contribution >= 0.6 is 0 Å². The van der Waals surface area contributed by atoms with Gasteiger partial charge in [0.2, 0.25) is 6.10 Å². The van der Waals surface area contributed by atoms with Gasteiger partial charge in [-0.05, 0) is 25.1 Å². The maximum absolute atomic E-state index is 12.7. The summed E-state index contributed by atoms with van der Waals surface area (Å²) in [4.78, 5) is 27.6. The maximum atomic E-state index is 12.7. The average Bonchev–Trinajstić information content (AvgIpc) is 3.04. The molecule has 2 N–H and O–H groups in total. The highest BCUT2D eigenvalue weighted by atomic mass is 16.7. The fraction of sp³-hybridized carbons (Fsp3) is 0.158. The molecule has 0 fully saturated rings. The Bertz CT molecular complexity index is 873. The Hall–Kier alpha value is -3.28. The van der Waals surface area contributed by atoms with Crippen molar-refractivity contribution in [3.05, 3.63) is 66.4 Å². The minimum Gasteiger partial charge on any atom is -0.435 e. The summed E-state index contributed by atoms with van der Waals surface area (Å²) >= 11 is 0. The lowest BCUT2D eigenvalue weighted by atomic mass is 10.1. The summed E-state index contributed by atoms with van der Waals surface area (Å²) in [7, 11) is 0. The molecule has 1 heterocycles. The number of hydrogen-bond acceptors (Lipinski definition) is 4. The molecule has 0 saturated carbocycles. The molecule has 0 saturated heterocycles. The topological polar surface area (TPSA) is 80.4 Å². The molecular weight excluding hydrogens is 320 g/mol. The van der Waals surface area contributed by atoms with Crippen LogP contribution in [0.25, 0.3) is 10.9 Å². The van der Waals surface area contributed by atoms with Crippen molar-refractivity contribution in [3.63, 3.8) is 0 Å². The zero-order chi connectivity index (χ0) is 17.6. The third-order valence-electron chi connectivity index (χ3n) is 3.66. The first-order valence-corrected chi connectivity index (χ1v) is 7.94. The molecule has 0 spiro atoms. The predicted molar refractivity (Wildman–Crippen MR) is 94.2 cm³/mol. The highest BCUT2D eigenvalue weighted by Crippen LogP contribution is 2.28. The van der Waals surface area contributed by atoms with Gasteiger partial charge in [-0.1, -0.05) is 36.4 Å². The summed E-state index contributed by atoms with van der Waals surface area (Å²) < 4.78 is 10.1. The minimum absolute atomic E-state index is 0.166. The zero-order valence-electron chi connectivity index (χ0n) is 13.7. The van der Waals surface area contributed by atoms with Crippen molar-refractivity contribution in [2.75, 3.05) is 11.9 Å². The van der Waals surface area contributed by atoms with Gasteiger partial charge in [-0.2, -0.15) is 0 Å². The van der Waals surface area contributed by atoms with Gasteiger partial charge in [0.05, 0.1) is 6.61 Å². The number of anilines is 1.